The monoisotopic (exact) mass is 259 g/mol. The van der Waals surface area contributed by atoms with Gasteiger partial charge in [-0.3, -0.25) is 9.89 Å². The Morgan fingerprint density at radius 1 is 1.37 bits per heavy atom. The summed E-state index contributed by atoms with van der Waals surface area (Å²) in [6.07, 6.45) is 0. The summed E-state index contributed by atoms with van der Waals surface area (Å²) in [4.78, 5) is 12.0. The van der Waals surface area contributed by atoms with Gasteiger partial charge in [-0.25, -0.2) is 0 Å². The van der Waals surface area contributed by atoms with E-state index in [4.69, 9.17) is 9.47 Å². The van der Waals surface area contributed by atoms with Crippen molar-refractivity contribution >= 4 is 11.6 Å². The van der Waals surface area contributed by atoms with Crippen LogP contribution in [0.15, 0.2) is 24.3 Å². The van der Waals surface area contributed by atoms with E-state index < -0.39 is 0 Å². The van der Waals surface area contributed by atoms with Crippen molar-refractivity contribution < 1.29 is 14.3 Å². The van der Waals surface area contributed by atoms with E-state index in [1.807, 2.05) is 13.0 Å². The van der Waals surface area contributed by atoms with Gasteiger partial charge in [0.15, 0.2) is 17.2 Å². The molecular formula is C13H13N3O3. The van der Waals surface area contributed by atoms with Crippen LogP contribution in [0.3, 0.4) is 0 Å². The van der Waals surface area contributed by atoms with E-state index in [1.54, 1.807) is 18.2 Å². The number of carbonyl (C=O) groups excluding carboxylic acids is 1. The lowest BCUT2D eigenvalue weighted by atomic mass is 10.2. The first-order chi connectivity index (χ1) is 9.24. The number of anilines is 1. The number of hydrogen-bond donors (Lipinski definition) is 2. The van der Waals surface area contributed by atoms with Crippen LogP contribution in [-0.2, 0) is 0 Å². The highest BCUT2D eigenvalue weighted by atomic mass is 16.6. The molecule has 1 aliphatic heterocycles. The van der Waals surface area contributed by atoms with E-state index in [1.165, 1.54) is 0 Å². The van der Waals surface area contributed by atoms with Crippen molar-refractivity contribution in [3.8, 4) is 11.5 Å². The summed E-state index contributed by atoms with van der Waals surface area (Å²) in [5.41, 5.74) is 1.76. The highest BCUT2D eigenvalue weighted by Crippen LogP contribution is 2.37. The maximum absolute atomic E-state index is 12.0. The fourth-order valence-electron chi connectivity index (χ4n) is 1.89. The first-order valence-electron chi connectivity index (χ1n) is 5.96. The van der Waals surface area contributed by atoms with Crippen LogP contribution in [0.5, 0.6) is 11.5 Å². The summed E-state index contributed by atoms with van der Waals surface area (Å²) in [6, 6.07) is 7.06. The van der Waals surface area contributed by atoms with Crippen LogP contribution in [0.25, 0.3) is 0 Å². The molecule has 98 valence electrons. The number of carbonyl (C=O) groups is 1. The molecule has 2 aromatic rings. The molecule has 0 saturated heterocycles. The second kappa shape index (κ2) is 4.64. The third kappa shape index (κ3) is 2.24. The number of amides is 1. The van der Waals surface area contributed by atoms with Crippen LogP contribution in [0.2, 0.25) is 0 Å². The van der Waals surface area contributed by atoms with Gasteiger partial charge in [-0.2, -0.15) is 5.10 Å². The zero-order valence-electron chi connectivity index (χ0n) is 10.4. The van der Waals surface area contributed by atoms with Gasteiger partial charge in [-0.05, 0) is 25.1 Å². The normalized spacial score (nSPS) is 13.1. The fourth-order valence-corrected chi connectivity index (χ4v) is 1.89. The van der Waals surface area contributed by atoms with E-state index in [2.05, 4.69) is 15.5 Å². The number of hydrogen-bond acceptors (Lipinski definition) is 4. The standard InChI is InChI=1S/C13H13N3O3/c1-8-7-10(16-15-8)13(17)14-9-3-2-4-11-12(9)19-6-5-18-11/h2-4,7H,5-6H2,1H3,(H,14,17)(H,15,16). The SMILES string of the molecule is Cc1cc(C(=O)Nc2cccc3c2OCCO3)n[nH]1. The third-order valence-corrected chi connectivity index (χ3v) is 2.75. The number of para-hydroxylation sites is 1. The summed E-state index contributed by atoms with van der Waals surface area (Å²) in [5.74, 6) is 0.920. The molecule has 0 unspecified atom stereocenters. The van der Waals surface area contributed by atoms with Gasteiger partial charge in [0, 0.05) is 5.69 Å². The summed E-state index contributed by atoms with van der Waals surface area (Å²) in [5, 5.41) is 9.42. The lowest BCUT2D eigenvalue weighted by Crippen LogP contribution is -2.18. The molecule has 0 atom stereocenters. The molecule has 0 aliphatic carbocycles. The second-order valence-corrected chi connectivity index (χ2v) is 4.22. The average Bonchev–Trinajstić information content (AvgIpc) is 2.86. The van der Waals surface area contributed by atoms with Gasteiger partial charge in [0.2, 0.25) is 0 Å². The molecule has 1 aliphatic rings. The minimum atomic E-state index is -0.285. The smallest absolute Gasteiger partial charge is 0.276 e. The third-order valence-electron chi connectivity index (χ3n) is 2.75. The van der Waals surface area contributed by atoms with Gasteiger partial charge in [0.25, 0.3) is 5.91 Å². The molecule has 0 saturated carbocycles. The van der Waals surface area contributed by atoms with Crippen molar-refractivity contribution in [3.05, 3.63) is 35.7 Å². The lowest BCUT2D eigenvalue weighted by molar-refractivity contribution is 0.102. The Morgan fingerprint density at radius 3 is 3.00 bits per heavy atom. The molecule has 1 amide bonds. The number of rotatable bonds is 2. The maximum Gasteiger partial charge on any atom is 0.276 e. The summed E-state index contributed by atoms with van der Waals surface area (Å²) < 4.78 is 11.0. The summed E-state index contributed by atoms with van der Waals surface area (Å²) in [7, 11) is 0. The van der Waals surface area contributed by atoms with E-state index in [-0.39, 0.29) is 5.91 Å². The number of nitrogens with one attached hydrogen (secondary N) is 2. The molecule has 0 fully saturated rings. The Bertz CT molecular complexity index is 621. The number of aromatic nitrogens is 2. The molecule has 3 rings (SSSR count). The number of aryl methyl sites for hydroxylation is 1. The van der Waals surface area contributed by atoms with Crippen LogP contribution in [0.4, 0.5) is 5.69 Å². The second-order valence-electron chi connectivity index (χ2n) is 4.22. The van der Waals surface area contributed by atoms with Gasteiger partial charge in [0.1, 0.15) is 13.2 Å². The van der Waals surface area contributed by atoms with E-state index in [0.717, 1.165) is 5.69 Å². The predicted molar refractivity (Wildman–Crippen MR) is 68.7 cm³/mol. The van der Waals surface area contributed by atoms with Gasteiger partial charge >= 0.3 is 0 Å². The molecule has 0 bridgehead atoms. The first-order valence-corrected chi connectivity index (χ1v) is 5.96. The summed E-state index contributed by atoms with van der Waals surface area (Å²) in [6.45, 7) is 2.83. The van der Waals surface area contributed by atoms with Crippen LogP contribution in [0, 0.1) is 6.92 Å². The van der Waals surface area contributed by atoms with E-state index in [9.17, 15) is 4.79 Å². The fraction of sp³-hybridized carbons (Fsp3) is 0.231. The molecule has 1 aromatic heterocycles. The predicted octanol–water partition coefficient (Wildman–Crippen LogP) is 1.74. The van der Waals surface area contributed by atoms with Crippen LogP contribution >= 0.6 is 0 Å². The quantitative estimate of drug-likeness (QED) is 0.861. The zero-order valence-corrected chi connectivity index (χ0v) is 10.4. The number of fused-ring (bicyclic) bond motifs is 1. The Kier molecular flexibility index (Phi) is 2.83. The molecule has 2 heterocycles. The van der Waals surface area contributed by atoms with Crippen molar-refractivity contribution in [3.63, 3.8) is 0 Å². The van der Waals surface area contributed by atoms with Crippen molar-refractivity contribution in [2.24, 2.45) is 0 Å². The van der Waals surface area contributed by atoms with Gasteiger partial charge < -0.3 is 14.8 Å². The molecule has 1 aromatic carbocycles. The minimum absolute atomic E-state index is 0.285. The largest absolute Gasteiger partial charge is 0.486 e. The minimum Gasteiger partial charge on any atom is -0.486 e. The number of ether oxygens (including phenoxy) is 2. The highest BCUT2D eigenvalue weighted by Gasteiger charge is 2.18. The van der Waals surface area contributed by atoms with Gasteiger partial charge in [0.05, 0.1) is 5.69 Å². The maximum atomic E-state index is 12.0. The summed E-state index contributed by atoms with van der Waals surface area (Å²) >= 11 is 0. The van der Waals surface area contributed by atoms with Crippen LogP contribution in [-0.4, -0.2) is 29.3 Å². The topological polar surface area (TPSA) is 76.2 Å². The number of H-pyrrole nitrogens is 1. The lowest BCUT2D eigenvalue weighted by Gasteiger charge is -2.20. The van der Waals surface area contributed by atoms with Crippen LogP contribution in [0.1, 0.15) is 16.2 Å². The van der Waals surface area contributed by atoms with Crippen molar-refractivity contribution in [2.45, 2.75) is 6.92 Å². The van der Waals surface area contributed by atoms with Crippen molar-refractivity contribution in [2.75, 3.05) is 18.5 Å². The Hall–Kier alpha value is -2.50. The molecule has 19 heavy (non-hydrogen) atoms. The molecular weight excluding hydrogens is 246 g/mol. The molecule has 6 heteroatoms. The van der Waals surface area contributed by atoms with Crippen molar-refractivity contribution in [1.29, 1.82) is 0 Å². The molecule has 0 spiro atoms. The van der Waals surface area contributed by atoms with Crippen molar-refractivity contribution in [1.82, 2.24) is 10.2 Å². The molecule has 2 N–H and O–H groups in total. The Balaban J connectivity index is 1.85. The van der Waals surface area contributed by atoms with Gasteiger partial charge in [-0.1, -0.05) is 6.07 Å². The van der Waals surface area contributed by atoms with E-state index >= 15 is 0 Å². The highest BCUT2D eigenvalue weighted by molar-refractivity contribution is 6.04. The molecule has 6 nitrogen and oxygen atoms in total. The number of aromatic amines is 1. The van der Waals surface area contributed by atoms with E-state index in [0.29, 0.717) is 36.1 Å². The van der Waals surface area contributed by atoms with Gasteiger partial charge in [-0.15, -0.1) is 0 Å². The first kappa shape index (κ1) is 11.6. The Morgan fingerprint density at radius 2 is 2.21 bits per heavy atom. The zero-order chi connectivity index (χ0) is 13.2. The number of benzene rings is 1. The van der Waals surface area contributed by atoms with Crippen LogP contribution < -0.4 is 14.8 Å². The number of nitrogens with zero attached hydrogens (tertiary/aromatic N) is 1. The average molecular weight is 259 g/mol. The molecule has 0 radical (unpaired) electrons. The Labute approximate surface area is 109 Å².